The van der Waals surface area contributed by atoms with Crippen molar-refractivity contribution in [3.63, 3.8) is 0 Å². The van der Waals surface area contributed by atoms with Crippen LogP contribution in [0.2, 0.25) is 0 Å². The molecular weight excluding hydrogens is 236 g/mol. The molecule has 0 heterocycles. The molecule has 1 aromatic rings. The zero-order valence-corrected chi connectivity index (χ0v) is 11.0. The Kier molecular flexibility index (Phi) is 6.65. The first kappa shape index (κ1) is 14.9. The second-order valence-corrected chi connectivity index (χ2v) is 4.62. The fourth-order valence-corrected chi connectivity index (χ4v) is 1.60. The molecule has 0 saturated carbocycles. The third-order valence-corrected chi connectivity index (χ3v) is 2.48. The Hall–Kier alpha value is -1.16. The molecule has 102 valence electrons. The van der Waals surface area contributed by atoms with Crippen LogP contribution in [-0.4, -0.2) is 19.2 Å². The van der Waals surface area contributed by atoms with Gasteiger partial charge in [-0.3, -0.25) is 0 Å². The van der Waals surface area contributed by atoms with Gasteiger partial charge in [0.05, 0.1) is 6.61 Å². The van der Waals surface area contributed by atoms with E-state index in [0.29, 0.717) is 12.6 Å². The van der Waals surface area contributed by atoms with Gasteiger partial charge in [0.1, 0.15) is 17.4 Å². The molecule has 0 amide bonds. The lowest BCUT2D eigenvalue weighted by Gasteiger charge is -2.08. The summed E-state index contributed by atoms with van der Waals surface area (Å²) < 4.78 is 31.0. The Bertz CT molecular complexity index is 335. The molecule has 0 aliphatic carbocycles. The van der Waals surface area contributed by atoms with Gasteiger partial charge < -0.3 is 10.1 Å². The maximum atomic E-state index is 12.9. The first-order valence-corrected chi connectivity index (χ1v) is 6.40. The predicted octanol–water partition coefficient (Wildman–Crippen LogP) is 3.51. The number of hydrogen-bond donors (Lipinski definition) is 1. The van der Waals surface area contributed by atoms with Crippen molar-refractivity contribution >= 4 is 0 Å². The number of unbranched alkanes of at least 4 members (excludes halogenated alkanes) is 2. The van der Waals surface area contributed by atoms with E-state index >= 15 is 0 Å². The normalized spacial score (nSPS) is 10.9. The first-order valence-electron chi connectivity index (χ1n) is 6.40. The van der Waals surface area contributed by atoms with Gasteiger partial charge in [0, 0.05) is 24.2 Å². The number of halogens is 2. The Morgan fingerprint density at radius 1 is 1.06 bits per heavy atom. The smallest absolute Gasteiger partial charge is 0.129 e. The quantitative estimate of drug-likeness (QED) is 0.719. The summed E-state index contributed by atoms with van der Waals surface area (Å²) in [5.74, 6) is -0.954. The van der Waals surface area contributed by atoms with Gasteiger partial charge >= 0.3 is 0 Å². The van der Waals surface area contributed by atoms with E-state index in [9.17, 15) is 8.78 Å². The molecule has 1 aromatic carbocycles. The van der Waals surface area contributed by atoms with Gasteiger partial charge in [-0.2, -0.15) is 0 Å². The molecule has 4 heteroatoms. The Morgan fingerprint density at radius 2 is 1.72 bits per heavy atom. The molecule has 0 aromatic heterocycles. The standard InChI is InChI=1S/C14H21F2NO/c1-11(2)17-6-4-3-5-7-18-14-9-12(15)8-13(16)10-14/h8-11,17H,3-7H2,1-2H3. The number of rotatable bonds is 8. The van der Waals surface area contributed by atoms with Gasteiger partial charge in [0.2, 0.25) is 0 Å². The predicted molar refractivity (Wildman–Crippen MR) is 68.8 cm³/mol. The Labute approximate surface area is 107 Å². The van der Waals surface area contributed by atoms with Crippen molar-refractivity contribution in [2.75, 3.05) is 13.2 Å². The lowest BCUT2D eigenvalue weighted by Crippen LogP contribution is -2.23. The molecule has 0 atom stereocenters. The van der Waals surface area contributed by atoms with Crippen LogP contribution in [0.1, 0.15) is 33.1 Å². The van der Waals surface area contributed by atoms with E-state index in [1.54, 1.807) is 0 Å². The molecule has 0 aliphatic heterocycles. The molecule has 0 bridgehead atoms. The summed E-state index contributed by atoms with van der Waals surface area (Å²) in [6.07, 6.45) is 3.01. The minimum Gasteiger partial charge on any atom is -0.493 e. The first-order chi connectivity index (χ1) is 8.58. The van der Waals surface area contributed by atoms with E-state index in [0.717, 1.165) is 31.9 Å². The van der Waals surface area contributed by atoms with Crippen LogP contribution in [0.25, 0.3) is 0 Å². The highest BCUT2D eigenvalue weighted by Crippen LogP contribution is 2.15. The summed E-state index contributed by atoms with van der Waals surface area (Å²) in [7, 11) is 0. The summed E-state index contributed by atoms with van der Waals surface area (Å²) in [5, 5.41) is 3.33. The van der Waals surface area contributed by atoms with Gasteiger partial charge in [-0.25, -0.2) is 8.78 Å². The summed E-state index contributed by atoms with van der Waals surface area (Å²) in [5.41, 5.74) is 0. The molecule has 1 rings (SSSR count). The average Bonchev–Trinajstić information content (AvgIpc) is 2.26. The molecule has 0 radical (unpaired) electrons. The van der Waals surface area contributed by atoms with E-state index in [1.165, 1.54) is 12.1 Å². The molecule has 0 fully saturated rings. The van der Waals surface area contributed by atoms with Crippen molar-refractivity contribution in [2.45, 2.75) is 39.2 Å². The molecule has 0 saturated heterocycles. The van der Waals surface area contributed by atoms with Crippen molar-refractivity contribution < 1.29 is 13.5 Å². The van der Waals surface area contributed by atoms with Crippen LogP contribution in [0.5, 0.6) is 5.75 Å². The maximum Gasteiger partial charge on any atom is 0.129 e. The van der Waals surface area contributed by atoms with Crippen LogP contribution in [-0.2, 0) is 0 Å². The number of hydrogen-bond acceptors (Lipinski definition) is 2. The zero-order chi connectivity index (χ0) is 13.4. The minimum absolute atomic E-state index is 0.257. The van der Waals surface area contributed by atoms with Crippen molar-refractivity contribution in [1.29, 1.82) is 0 Å². The lowest BCUT2D eigenvalue weighted by molar-refractivity contribution is 0.301. The summed E-state index contributed by atoms with van der Waals surface area (Å²) in [6, 6.07) is 3.74. The van der Waals surface area contributed by atoms with Crippen molar-refractivity contribution in [2.24, 2.45) is 0 Å². The number of benzene rings is 1. The van der Waals surface area contributed by atoms with Crippen LogP contribution < -0.4 is 10.1 Å². The fraction of sp³-hybridized carbons (Fsp3) is 0.571. The van der Waals surface area contributed by atoms with Gasteiger partial charge in [0.15, 0.2) is 0 Å². The second kappa shape index (κ2) is 8.03. The van der Waals surface area contributed by atoms with E-state index in [-0.39, 0.29) is 5.75 Å². The van der Waals surface area contributed by atoms with E-state index in [4.69, 9.17) is 4.74 Å². The highest BCUT2D eigenvalue weighted by Gasteiger charge is 2.01. The molecule has 0 aliphatic rings. The number of ether oxygens (including phenoxy) is 1. The Balaban J connectivity index is 2.10. The molecule has 18 heavy (non-hydrogen) atoms. The Morgan fingerprint density at radius 3 is 2.33 bits per heavy atom. The van der Waals surface area contributed by atoms with Crippen molar-refractivity contribution in [3.8, 4) is 5.75 Å². The minimum atomic E-state index is -0.605. The number of nitrogens with one attached hydrogen (secondary N) is 1. The molecule has 2 nitrogen and oxygen atoms in total. The van der Waals surface area contributed by atoms with Gasteiger partial charge in [0.25, 0.3) is 0 Å². The molecule has 0 unspecified atom stereocenters. The fourth-order valence-electron chi connectivity index (χ4n) is 1.60. The van der Waals surface area contributed by atoms with Crippen LogP contribution in [0.4, 0.5) is 8.78 Å². The van der Waals surface area contributed by atoms with E-state index in [2.05, 4.69) is 19.2 Å². The lowest BCUT2D eigenvalue weighted by atomic mass is 10.2. The van der Waals surface area contributed by atoms with Gasteiger partial charge in [-0.15, -0.1) is 0 Å². The van der Waals surface area contributed by atoms with Crippen molar-refractivity contribution in [3.05, 3.63) is 29.8 Å². The summed E-state index contributed by atoms with van der Waals surface area (Å²) >= 11 is 0. The van der Waals surface area contributed by atoms with Crippen molar-refractivity contribution in [1.82, 2.24) is 5.32 Å². The molecule has 0 spiro atoms. The SMILES string of the molecule is CC(C)NCCCCCOc1cc(F)cc(F)c1. The molecular formula is C14H21F2NO. The third kappa shape index (κ3) is 6.55. The van der Waals surface area contributed by atoms with E-state index < -0.39 is 11.6 Å². The zero-order valence-electron chi connectivity index (χ0n) is 11.0. The van der Waals surface area contributed by atoms with Crippen LogP contribution in [0.3, 0.4) is 0 Å². The molecule has 1 N–H and O–H groups in total. The van der Waals surface area contributed by atoms with Crippen LogP contribution in [0.15, 0.2) is 18.2 Å². The highest BCUT2D eigenvalue weighted by atomic mass is 19.1. The topological polar surface area (TPSA) is 21.3 Å². The second-order valence-electron chi connectivity index (χ2n) is 4.62. The third-order valence-electron chi connectivity index (χ3n) is 2.48. The van der Waals surface area contributed by atoms with Gasteiger partial charge in [-0.05, 0) is 25.8 Å². The average molecular weight is 257 g/mol. The van der Waals surface area contributed by atoms with Crippen LogP contribution >= 0.6 is 0 Å². The monoisotopic (exact) mass is 257 g/mol. The largest absolute Gasteiger partial charge is 0.493 e. The van der Waals surface area contributed by atoms with E-state index in [1.807, 2.05) is 0 Å². The summed E-state index contributed by atoms with van der Waals surface area (Å²) in [6.45, 7) is 5.71. The van der Waals surface area contributed by atoms with Crippen LogP contribution in [0, 0.1) is 11.6 Å². The highest BCUT2D eigenvalue weighted by molar-refractivity contribution is 5.23. The van der Waals surface area contributed by atoms with Gasteiger partial charge in [-0.1, -0.05) is 13.8 Å². The summed E-state index contributed by atoms with van der Waals surface area (Å²) in [4.78, 5) is 0. The maximum absolute atomic E-state index is 12.9.